The molecule has 1 aliphatic heterocycles. The quantitative estimate of drug-likeness (QED) is 0.664. The molecule has 0 bridgehead atoms. The number of likely N-dealkylation sites (N-methyl/N-ethyl adjacent to an activating group) is 1. The maximum atomic E-state index is 12.6. The van der Waals surface area contributed by atoms with Crippen LogP contribution in [0.4, 0.5) is 0 Å². The molecule has 1 aromatic carbocycles. The first-order valence-corrected chi connectivity index (χ1v) is 12.0. The highest BCUT2D eigenvalue weighted by Gasteiger charge is 2.29. The van der Waals surface area contributed by atoms with Gasteiger partial charge in [-0.3, -0.25) is 4.79 Å². The second-order valence-electron chi connectivity index (χ2n) is 7.29. The van der Waals surface area contributed by atoms with Gasteiger partial charge >= 0.3 is 0 Å². The van der Waals surface area contributed by atoms with Crippen molar-refractivity contribution >= 4 is 38.9 Å². The molecule has 2 aromatic rings. The largest absolute Gasteiger partial charge is 0.490 e. The smallest absolute Gasteiger partial charge is 0.252 e. The first kappa shape index (κ1) is 22.1. The van der Waals surface area contributed by atoms with Gasteiger partial charge < -0.3 is 9.64 Å². The minimum atomic E-state index is -3.72. The molecule has 0 saturated carbocycles. The maximum absolute atomic E-state index is 12.6. The Kier molecular flexibility index (Phi) is 6.88. The van der Waals surface area contributed by atoms with Crippen molar-refractivity contribution in [2.24, 2.45) is 0 Å². The average Bonchev–Trinajstić information content (AvgIpc) is 3.12. The molecule has 2 heterocycles. The first-order chi connectivity index (χ1) is 13.7. The fourth-order valence-corrected chi connectivity index (χ4v) is 6.02. The number of ether oxygens (including phenoxy) is 1. The molecule has 0 spiro atoms. The van der Waals surface area contributed by atoms with Gasteiger partial charge in [-0.05, 0) is 43.2 Å². The standard InChI is InChI=1S/C20H25ClN2O4S2/c1-14-4-5-15(2)17(12-14)27-16-8-10-23(11-9-16)19(24)13-22(3)29(25,26)20-7-6-18(21)28-20/h4-7,12,16H,8-11,13H2,1-3H3. The third-order valence-corrected chi connectivity index (χ3v) is 8.50. The Labute approximate surface area is 181 Å². The van der Waals surface area contributed by atoms with E-state index >= 15 is 0 Å². The van der Waals surface area contributed by atoms with Crippen molar-refractivity contribution < 1.29 is 17.9 Å². The van der Waals surface area contributed by atoms with Gasteiger partial charge in [0.05, 0.1) is 10.9 Å². The van der Waals surface area contributed by atoms with E-state index in [0.717, 1.165) is 45.4 Å². The summed E-state index contributed by atoms with van der Waals surface area (Å²) in [6.45, 7) is 4.95. The Morgan fingerprint density at radius 1 is 1.24 bits per heavy atom. The normalized spacial score (nSPS) is 15.7. The van der Waals surface area contributed by atoms with Crippen molar-refractivity contribution in [1.82, 2.24) is 9.21 Å². The van der Waals surface area contributed by atoms with Crippen LogP contribution in [0.1, 0.15) is 24.0 Å². The highest BCUT2D eigenvalue weighted by Crippen LogP contribution is 2.28. The molecule has 0 aliphatic carbocycles. The lowest BCUT2D eigenvalue weighted by Gasteiger charge is -2.33. The molecule has 3 rings (SSSR count). The monoisotopic (exact) mass is 456 g/mol. The zero-order chi connectivity index (χ0) is 21.2. The molecule has 1 fully saturated rings. The van der Waals surface area contributed by atoms with Gasteiger partial charge in [0, 0.05) is 33.0 Å². The van der Waals surface area contributed by atoms with E-state index < -0.39 is 10.0 Å². The van der Waals surface area contributed by atoms with Gasteiger partial charge in [-0.15, -0.1) is 11.3 Å². The summed E-state index contributed by atoms with van der Waals surface area (Å²) < 4.78 is 32.9. The molecule has 1 saturated heterocycles. The molecule has 29 heavy (non-hydrogen) atoms. The van der Waals surface area contributed by atoms with Crippen LogP contribution in [0.5, 0.6) is 5.75 Å². The van der Waals surface area contributed by atoms with Crippen LogP contribution < -0.4 is 4.74 Å². The number of aryl methyl sites for hydroxylation is 2. The van der Waals surface area contributed by atoms with Crippen molar-refractivity contribution in [3.05, 3.63) is 45.8 Å². The van der Waals surface area contributed by atoms with Crippen LogP contribution >= 0.6 is 22.9 Å². The number of likely N-dealkylation sites (tertiary alicyclic amines) is 1. The van der Waals surface area contributed by atoms with Gasteiger partial charge in [-0.25, -0.2) is 8.42 Å². The SMILES string of the molecule is Cc1ccc(C)c(OC2CCN(C(=O)CN(C)S(=O)(=O)c3ccc(Cl)s3)CC2)c1. The number of carbonyl (C=O) groups excluding carboxylic acids is 1. The fraction of sp³-hybridized carbons (Fsp3) is 0.450. The van der Waals surface area contributed by atoms with Crippen molar-refractivity contribution in [3.8, 4) is 5.75 Å². The van der Waals surface area contributed by atoms with Crippen molar-refractivity contribution in [2.45, 2.75) is 37.0 Å². The van der Waals surface area contributed by atoms with Gasteiger partial charge in [0.2, 0.25) is 5.91 Å². The van der Waals surface area contributed by atoms with E-state index in [0.29, 0.717) is 17.4 Å². The van der Waals surface area contributed by atoms with E-state index in [-0.39, 0.29) is 22.8 Å². The van der Waals surface area contributed by atoms with E-state index in [1.807, 2.05) is 26.0 Å². The number of piperidine rings is 1. The molecule has 9 heteroatoms. The molecule has 1 aromatic heterocycles. The van der Waals surface area contributed by atoms with Crippen molar-refractivity contribution in [3.63, 3.8) is 0 Å². The average molecular weight is 457 g/mol. The minimum absolute atomic E-state index is 0.0503. The van der Waals surface area contributed by atoms with Gasteiger partial charge in [0.25, 0.3) is 10.0 Å². The summed E-state index contributed by atoms with van der Waals surface area (Å²) >= 11 is 6.82. The van der Waals surface area contributed by atoms with Crippen LogP contribution in [0.25, 0.3) is 0 Å². The number of hydrogen-bond acceptors (Lipinski definition) is 5. The molecule has 1 aliphatic rings. The number of sulfonamides is 1. The fourth-order valence-electron chi connectivity index (χ4n) is 3.20. The zero-order valence-electron chi connectivity index (χ0n) is 16.7. The lowest BCUT2D eigenvalue weighted by Crippen LogP contribution is -2.46. The number of rotatable bonds is 6. The van der Waals surface area contributed by atoms with Gasteiger partial charge in [-0.2, -0.15) is 4.31 Å². The van der Waals surface area contributed by atoms with Gasteiger partial charge in [0.1, 0.15) is 16.1 Å². The predicted octanol–water partition coefficient (Wildman–Crippen LogP) is 3.71. The summed E-state index contributed by atoms with van der Waals surface area (Å²) in [7, 11) is -2.30. The van der Waals surface area contributed by atoms with Gasteiger partial charge in [-0.1, -0.05) is 23.7 Å². The van der Waals surface area contributed by atoms with E-state index in [2.05, 4.69) is 6.07 Å². The predicted molar refractivity (Wildman–Crippen MR) is 115 cm³/mol. The highest BCUT2D eigenvalue weighted by molar-refractivity contribution is 7.91. The number of benzene rings is 1. The molecule has 0 N–H and O–H groups in total. The number of amides is 1. The Morgan fingerprint density at radius 2 is 1.93 bits per heavy atom. The third kappa shape index (κ3) is 5.31. The summed E-state index contributed by atoms with van der Waals surface area (Å²) in [5.74, 6) is 0.680. The number of nitrogens with zero attached hydrogens (tertiary/aromatic N) is 2. The number of hydrogen-bond donors (Lipinski definition) is 0. The van der Waals surface area contributed by atoms with Crippen LogP contribution in [0.3, 0.4) is 0 Å². The summed E-state index contributed by atoms with van der Waals surface area (Å²) in [5, 5.41) is 0. The minimum Gasteiger partial charge on any atom is -0.490 e. The molecular formula is C20H25ClN2O4S2. The van der Waals surface area contributed by atoms with Crippen molar-refractivity contribution in [2.75, 3.05) is 26.7 Å². The third-order valence-electron chi connectivity index (χ3n) is 5.00. The summed E-state index contributed by atoms with van der Waals surface area (Å²) in [6, 6.07) is 9.12. The Balaban J connectivity index is 1.54. The Morgan fingerprint density at radius 3 is 2.55 bits per heavy atom. The van der Waals surface area contributed by atoms with Crippen LogP contribution in [0, 0.1) is 13.8 Å². The van der Waals surface area contributed by atoms with Crippen LogP contribution in [-0.2, 0) is 14.8 Å². The lowest BCUT2D eigenvalue weighted by molar-refractivity contribution is -0.133. The van der Waals surface area contributed by atoms with E-state index in [9.17, 15) is 13.2 Å². The molecule has 0 radical (unpaired) electrons. The molecule has 1 amide bonds. The van der Waals surface area contributed by atoms with Crippen LogP contribution in [0.15, 0.2) is 34.5 Å². The highest BCUT2D eigenvalue weighted by atomic mass is 35.5. The first-order valence-electron chi connectivity index (χ1n) is 9.40. The van der Waals surface area contributed by atoms with Crippen molar-refractivity contribution in [1.29, 1.82) is 0 Å². The van der Waals surface area contributed by atoms with E-state index in [1.54, 1.807) is 4.90 Å². The Bertz CT molecular complexity index is 982. The summed E-state index contributed by atoms with van der Waals surface area (Å²) in [4.78, 5) is 14.3. The second kappa shape index (κ2) is 9.04. The maximum Gasteiger partial charge on any atom is 0.252 e. The second-order valence-corrected chi connectivity index (χ2v) is 11.3. The van der Waals surface area contributed by atoms with Crippen LogP contribution in [-0.4, -0.2) is 56.3 Å². The Hall–Kier alpha value is -1.61. The molecule has 6 nitrogen and oxygen atoms in total. The number of thiophene rings is 1. The van der Waals surface area contributed by atoms with E-state index in [1.165, 1.54) is 19.2 Å². The molecule has 158 valence electrons. The van der Waals surface area contributed by atoms with Gasteiger partial charge in [0.15, 0.2) is 0 Å². The number of carbonyl (C=O) groups is 1. The van der Waals surface area contributed by atoms with Crippen LogP contribution in [0.2, 0.25) is 4.34 Å². The lowest BCUT2D eigenvalue weighted by atomic mass is 10.1. The number of halogens is 1. The summed E-state index contributed by atoms with van der Waals surface area (Å²) in [6.07, 6.45) is 1.49. The molecule has 0 unspecified atom stereocenters. The zero-order valence-corrected chi connectivity index (χ0v) is 19.1. The molecular weight excluding hydrogens is 432 g/mol. The summed E-state index contributed by atoms with van der Waals surface area (Å²) in [5.41, 5.74) is 2.24. The van der Waals surface area contributed by atoms with E-state index in [4.69, 9.17) is 16.3 Å². The molecule has 0 atom stereocenters. The topological polar surface area (TPSA) is 66.9 Å².